The van der Waals surface area contributed by atoms with E-state index in [9.17, 15) is 9.59 Å². The Morgan fingerprint density at radius 1 is 1.43 bits per heavy atom. The molecular formula is C15H19BrN2O3. The maximum absolute atomic E-state index is 12.5. The Hall–Kier alpha value is -1.56. The Morgan fingerprint density at radius 3 is 2.71 bits per heavy atom. The molecule has 1 atom stereocenters. The van der Waals surface area contributed by atoms with Crippen molar-refractivity contribution in [3.05, 3.63) is 22.7 Å². The van der Waals surface area contributed by atoms with Crippen molar-refractivity contribution in [3.63, 3.8) is 0 Å². The number of hydrogen-bond acceptors (Lipinski definition) is 3. The van der Waals surface area contributed by atoms with Gasteiger partial charge in [0.25, 0.3) is 0 Å². The SMILES string of the molecule is COc1ccc(N2CC(=O)NC(CC(C)C)C2=O)cc1Br. The lowest BCUT2D eigenvalue weighted by molar-refractivity contribution is -0.131. The Labute approximate surface area is 132 Å². The average Bonchev–Trinajstić information content (AvgIpc) is 2.41. The van der Waals surface area contributed by atoms with Crippen LogP contribution in [-0.4, -0.2) is 31.5 Å². The molecule has 2 rings (SSSR count). The molecule has 1 fully saturated rings. The first-order chi connectivity index (χ1) is 9.92. The lowest BCUT2D eigenvalue weighted by Gasteiger charge is -2.33. The van der Waals surface area contributed by atoms with Crippen molar-refractivity contribution in [2.75, 3.05) is 18.6 Å². The second-order valence-electron chi connectivity index (χ2n) is 5.49. The van der Waals surface area contributed by atoms with E-state index in [0.29, 0.717) is 23.8 Å². The standard InChI is InChI=1S/C15H19BrN2O3/c1-9(2)6-12-15(20)18(8-14(19)17-12)10-4-5-13(21-3)11(16)7-10/h4-5,7,9,12H,6,8H2,1-3H3,(H,17,19). The lowest BCUT2D eigenvalue weighted by atomic mass is 10.0. The van der Waals surface area contributed by atoms with Crippen molar-refractivity contribution < 1.29 is 14.3 Å². The number of anilines is 1. The molecule has 2 amide bonds. The molecule has 114 valence electrons. The number of methoxy groups -OCH3 is 1. The van der Waals surface area contributed by atoms with Crippen LogP contribution in [0.25, 0.3) is 0 Å². The molecule has 6 heteroatoms. The first-order valence-electron chi connectivity index (χ1n) is 6.86. The number of carbonyl (C=O) groups excluding carboxylic acids is 2. The quantitative estimate of drug-likeness (QED) is 0.902. The molecule has 1 aromatic rings. The molecule has 0 aromatic heterocycles. The Morgan fingerprint density at radius 2 is 2.14 bits per heavy atom. The smallest absolute Gasteiger partial charge is 0.250 e. The highest BCUT2D eigenvalue weighted by molar-refractivity contribution is 9.10. The van der Waals surface area contributed by atoms with E-state index in [0.717, 1.165) is 4.47 Å². The van der Waals surface area contributed by atoms with Gasteiger partial charge in [-0.3, -0.25) is 9.59 Å². The number of amides is 2. The van der Waals surface area contributed by atoms with E-state index in [1.165, 1.54) is 4.90 Å². The van der Waals surface area contributed by atoms with Gasteiger partial charge in [0, 0.05) is 5.69 Å². The van der Waals surface area contributed by atoms with Crippen LogP contribution in [0.3, 0.4) is 0 Å². The third kappa shape index (κ3) is 3.56. The van der Waals surface area contributed by atoms with E-state index in [1.54, 1.807) is 25.3 Å². The summed E-state index contributed by atoms with van der Waals surface area (Å²) in [5.41, 5.74) is 0.691. The summed E-state index contributed by atoms with van der Waals surface area (Å²) < 4.78 is 5.93. The molecule has 0 saturated carbocycles. The van der Waals surface area contributed by atoms with Gasteiger partial charge in [0.1, 0.15) is 18.3 Å². The van der Waals surface area contributed by atoms with Crippen LogP contribution in [0.1, 0.15) is 20.3 Å². The van der Waals surface area contributed by atoms with Gasteiger partial charge in [0.2, 0.25) is 11.8 Å². The summed E-state index contributed by atoms with van der Waals surface area (Å²) in [7, 11) is 1.58. The van der Waals surface area contributed by atoms with Crippen LogP contribution < -0.4 is 15.0 Å². The molecule has 1 aliphatic heterocycles. The zero-order valence-corrected chi connectivity index (χ0v) is 13.9. The summed E-state index contributed by atoms with van der Waals surface area (Å²) in [6.45, 7) is 4.11. The second-order valence-corrected chi connectivity index (χ2v) is 6.35. The molecule has 21 heavy (non-hydrogen) atoms. The maximum atomic E-state index is 12.5. The summed E-state index contributed by atoms with van der Waals surface area (Å²) in [6.07, 6.45) is 0.637. The van der Waals surface area contributed by atoms with Gasteiger partial charge in [-0.25, -0.2) is 0 Å². The molecule has 1 saturated heterocycles. The summed E-state index contributed by atoms with van der Waals surface area (Å²) in [5, 5.41) is 2.77. The van der Waals surface area contributed by atoms with Gasteiger partial charge in [0.05, 0.1) is 11.6 Å². The molecule has 0 bridgehead atoms. The Kier molecular flexibility index (Phi) is 4.88. The molecule has 0 radical (unpaired) electrons. The largest absolute Gasteiger partial charge is 0.496 e. The first-order valence-corrected chi connectivity index (χ1v) is 7.66. The molecule has 0 spiro atoms. The molecule has 1 heterocycles. The van der Waals surface area contributed by atoms with Crippen LogP contribution in [0, 0.1) is 5.92 Å². The first kappa shape index (κ1) is 15.8. The van der Waals surface area contributed by atoms with Crippen molar-refractivity contribution in [2.45, 2.75) is 26.3 Å². The molecular weight excluding hydrogens is 336 g/mol. The van der Waals surface area contributed by atoms with Gasteiger partial charge in [0.15, 0.2) is 0 Å². The van der Waals surface area contributed by atoms with E-state index < -0.39 is 6.04 Å². The van der Waals surface area contributed by atoms with Crippen molar-refractivity contribution >= 4 is 33.4 Å². The van der Waals surface area contributed by atoms with Crippen LogP contribution in [0.4, 0.5) is 5.69 Å². The molecule has 5 nitrogen and oxygen atoms in total. The Balaban J connectivity index is 2.27. The second kappa shape index (κ2) is 6.47. The van der Waals surface area contributed by atoms with Crippen molar-refractivity contribution in [1.29, 1.82) is 0 Å². The number of nitrogens with one attached hydrogen (secondary N) is 1. The van der Waals surface area contributed by atoms with Crippen LogP contribution in [0.5, 0.6) is 5.75 Å². The predicted octanol–water partition coefficient (Wildman–Crippen LogP) is 2.34. The highest BCUT2D eigenvalue weighted by Crippen LogP contribution is 2.30. The molecule has 0 aliphatic carbocycles. The van der Waals surface area contributed by atoms with Crippen LogP contribution >= 0.6 is 15.9 Å². The van der Waals surface area contributed by atoms with Crippen LogP contribution in [-0.2, 0) is 9.59 Å². The fraction of sp³-hybridized carbons (Fsp3) is 0.467. The van der Waals surface area contributed by atoms with Crippen molar-refractivity contribution in [1.82, 2.24) is 5.32 Å². The summed E-state index contributed by atoms with van der Waals surface area (Å²) in [4.78, 5) is 25.9. The van der Waals surface area contributed by atoms with Crippen molar-refractivity contribution in [3.8, 4) is 5.75 Å². The van der Waals surface area contributed by atoms with E-state index in [2.05, 4.69) is 21.2 Å². The monoisotopic (exact) mass is 354 g/mol. The summed E-state index contributed by atoms with van der Waals surface area (Å²) in [6, 6.07) is 4.90. The Bertz CT molecular complexity index is 560. The number of carbonyl (C=O) groups is 2. The summed E-state index contributed by atoms with van der Waals surface area (Å²) >= 11 is 3.40. The lowest BCUT2D eigenvalue weighted by Crippen LogP contribution is -2.58. The van der Waals surface area contributed by atoms with Crippen molar-refractivity contribution in [2.24, 2.45) is 5.92 Å². The minimum Gasteiger partial charge on any atom is -0.496 e. The maximum Gasteiger partial charge on any atom is 0.250 e. The third-order valence-electron chi connectivity index (χ3n) is 3.36. The van der Waals surface area contributed by atoms with Gasteiger partial charge in [-0.05, 0) is 46.5 Å². The predicted molar refractivity (Wildman–Crippen MR) is 84.4 cm³/mol. The highest BCUT2D eigenvalue weighted by Gasteiger charge is 2.33. The molecule has 1 N–H and O–H groups in total. The summed E-state index contributed by atoms with van der Waals surface area (Å²) in [5.74, 6) is 0.820. The number of hydrogen-bond donors (Lipinski definition) is 1. The van der Waals surface area contributed by atoms with Crippen LogP contribution in [0.15, 0.2) is 22.7 Å². The van der Waals surface area contributed by atoms with Gasteiger partial charge >= 0.3 is 0 Å². The average molecular weight is 355 g/mol. The van der Waals surface area contributed by atoms with Gasteiger partial charge in [-0.2, -0.15) is 0 Å². The van der Waals surface area contributed by atoms with Gasteiger partial charge < -0.3 is 15.0 Å². The van der Waals surface area contributed by atoms with Crippen LogP contribution in [0.2, 0.25) is 0 Å². The zero-order chi connectivity index (χ0) is 15.6. The van der Waals surface area contributed by atoms with E-state index in [4.69, 9.17) is 4.74 Å². The number of ether oxygens (including phenoxy) is 1. The number of rotatable bonds is 4. The van der Waals surface area contributed by atoms with E-state index >= 15 is 0 Å². The minimum atomic E-state index is -0.452. The number of benzene rings is 1. The number of nitrogens with zero attached hydrogens (tertiary/aromatic N) is 1. The highest BCUT2D eigenvalue weighted by atomic mass is 79.9. The minimum absolute atomic E-state index is 0.0478. The molecule has 1 unspecified atom stereocenters. The fourth-order valence-electron chi connectivity index (χ4n) is 2.38. The van der Waals surface area contributed by atoms with E-state index in [-0.39, 0.29) is 18.4 Å². The van der Waals surface area contributed by atoms with Gasteiger partial charge in [-0.15, -0.1) is 0 Å². The normalized spacial score (nSPS) is 18.9. The number of piperazine rings is 1. The van der Waals surface area contributed by atoms with E-state index in [1.807, 2.05) is 13.8 Å². The molecule has 1 aliphatic rings. The third-order valence-corrected chi connectivity index (χ3v) is 3.97. The number of halogens is 1. The fourth-order valence-corrected chi connectivity index (χ4v) is 2.91. The van der Waals surface area contributed by atoms with Gasteiger partial charge in [-0.1, -0.05) is 13.8 Å². The zero-order valence-electron chi connectivity index (χ0n) is 12.4. The molecule has 1 aromatic carbocycles. The topological polar surface area (TPSA) is 58.6 Å².